The number of hydrogen-bond acceptors (Lipinski definition) is 4. The smallest absolute Gasteiger partial charge is 0.290 e. The van der Waals surface area contributed by atoms with Crippen molar-refractivity contribution in [3.05, 3.63) is 75.6 Å². The second-order valence-corrected chi connectivity index (χ2v) is 6.64. The Morgan fingerprint density at radius 1 is 1.04 bits per heavy atom. The average molecular weight is 337 g/mol. The summed E-state index contributed by atoms with van der Waals surface area (Å²) in [5, 5.41) is 0.505. The number of rotatable bonds is 2. The van der Waals surface area contributed by atoms with Gasteiger partial charge >= 0.3 is 0 Å². The zero-order valence-corrected chi connectivity index (χ0v) is 14.1. The first-order chi connectivity index (χ1) is 11.6. The van der Waals surface area contributed by atoms with E-state index < -0.39 is 6.04 Å². The maximum Gasteiger partial charge on any atom is 0.290 e. The molecule has 120 valence electrons. The van der Waals surface area contributed by atoms with Crippen molar-refractivity contribution in [3.8, 4) is 0 Å². The minimum absolute atomic E-state index is 0.136. The number of hydrogen-bond donors (Lipinski definition) is 0. The summed E-state index contributed by atoms with van der Waals surface area (Å²) in [6.45, 7) is 0. The Morgan fingerprint density at radius 3 is 2.46 bits per heavy atom. The van der Waals surface area contributed by atoms with E-state index in [1.54, 1.807) is 48.0 Å². The molecule has 1 aromatic heterocycles. The lowest BCUT2D eigenvalue weighted by Crippen LogP contribution is -2.25. The van der Waals surface area contributed by atoms with Gasteiger partial charge in [-0.2, -0.15) is 0 Å². The second-order valence-electron chi connectivity index (χ2n) is 5.76. The first-order valence-corrected chi connectivity index (χ1v) is 8.81. The number of carbonyl (C=O) groups is 1. The summed E-state index contributed by atoms with van der Waals surface area (Å²) < 4.78 is 5.77. The fourth-order valence-electron chi connectivity index (χ4n) is 3.21. The van der Waals surface area contributed by atoms with Crippen LogP contribution in [-0.2, 0) is 0 Å². The number of nitrogens with zero attached hydrogens (tertiary/aromatic N) is 1. The van der Waals surface area contributed by atoms with Crippen LogP contribution in [0.25, 0.3) is 11.0 Å². The molecular formula is C19H15NO3S. The molecule has 0 aliphatic carbocycles. The van der Waals surface area contributed by atoms with E-state index in [4.69, 9.17) is 4.42 Å². The standard InChI is InChI=1S/C19H15NO3S/c1-20-16(11-7-9-12(24-2)10-8-11)15-17(21)13-5-3-4-6-14(13)23-18(15)19(20)22/h3-10,16H,1-2H3/t16-/m0/s1. The van der Waals surface area contributed by atoms with Gasteiger partial charge in [0.1, 0.15) is 5.58 Å². The lowest BCUT2D eigenvalue weighted by Gasteiger charge is -2.20. The molecule has 0 saturated heterocycles. The van der Waals surface area contributed by atoms with Crippen LogP contribution in [0.1, 0.15) is 27.7 Å². The van der Waals surface area contributed by atoms with Crippen molar-refractivity contribution >= 4 is 28.6 Å². The summed E-state index contributed by atoms with van der Waals surface area (Å²) >= 11 is 1.65. The summed E-state index contributed by atoms with van der Waals surface area (Å²) in [4.78, 5) is 28.3. The highest BCUT2D eigenvalue weighted by molar-refractivity contribution is 7.98. The van der Waals surface area contributed by atoms with Gasteiger partial charge in [0.15, 0.2) is 5.43 Å². The van der Waals surface area contributed by atoms with Crippen LogP contribution in [0, 0.1) is 0 Å². The van der Waals surface area contributed by atoms with Gasteiger partial charge in [-0.25, -0.2) is 0 Å². The van der Waals surface area contributed by atoms with Crippen molar-refractivity contribution in [1.29, 1.82) is 0 Å². The van der Waals surface area contributed by atoms with Crippen LogP contribution in [0.4, 0.5) is 0 Å². The highest BCUT2D eigenvalue weighted by Gasteiger charge is 2.40. The monoisotopic (exact) mass is 337 g/mol. The number of carbonyl (C=O) groups excluding carboxylic acids is 1. The zero-order valence-electron chi connectivity index (χ0n) is 13.3. The molecule has 1 amide bonds. The number of para-hydroxylation sites is 1. The maximum absolute atomic E-state index is 13.0. The highest BCUT2D eigenvalue weighted by Crippen LogP contribution is 2.37. The second kappa shape index (κ2) is 5.53. The number of benzene rings is 2. The van der Waals surface area contributed by atoms with Crippen molar-refractivity contribution in [3.63, 3.8) is 0 Å². The Bertz CT molecular complexity index is 1010. The third-order valence-electron chi connectivity index (χ3n) is 4.44. The first kappa shape index (κ1) is 15.0. The van der Waals surface area contributed by atoms with Crippen molar-refractivity contribution < 1.29 is 9.21 Å². The molecule has 1 atom stereocenters. The Hall–Kier alpha value is -2.53. The van der Waals surface area contributed by atoms with Gasteiger partial charge in [-0.1, -0.05) is 24.3 Å². The van der Waals surface area contributed by atoms with Gasteiger partial charge in [-0.3, -0.25) is 9.59 Å². The fraction of sp³-hybridized carbons (Fsp3) is 0.158. The van der Waals surface area contributed by atoms with Crippen molar-refractivity contribution in [1.82, 2.24) is 4.90 Å². The van der Waals surface area contributed by atoms with E-state index in [2.05, 4.69) is 0 Å². The molecule has 1 aliphatic heterocycles. The largest absolute Gasteiger partial charge is 0.450 e. The third kappa shape index (κ3) is 2.08. The highest BCUT2D eigenvalue weighted by atomic mass is 32.2. The summed E-state index contributed by atoms with van der Waals surface area (Å²) in [7, 11) is 1.70. The molecule has 0 N–H and O–H groups in total. The van der Waals surface area contributed by atoms with Crippen LogP contribution in [0.2, 0.25) is 0 Å². The van der Waals surface area contributed by atoms with Gasteiger partial charge in [-0.15, -0.1) is 11.8 Å². The van der Waals surface area contributed by atoms with Gasteiger partial charge in [0.05, 0.1) is 17.0 Å². The molecule has 0 radical (unpaired) electrons. The van der Waals surface area contributed by atoms with Crippen molar-refractivity contribution in [2.45, 2.75) is 10.9 Å². The summed E-state index contributed by atoms with van der Waals surface area (Å²) in [5.74, 6) is -0.105. The van der Waals surface area contributed by atoms with E-state index in [9.17, 15) is 9.59 Å². The Kier molecular flexibility index (Phi) is 3.46. The SMILES string of the molecule is CSc1ccc([C@H]2c3c(oc4ccccc4c3=O)C(=O)N2C)cc1. The Morgan fingerprint density at radius 2 is 1.75 bits per heavy atom. The van der Waals surface area contributed by atoms with Crippen LogP contribution in [0.5, 0.6) is 0 Å². The Labute approximate surface area is 143 Å². The first-order valence-electron chi connectivity index (χ1n) is 7.58. The summed E-state index contributed by atoms with van der Waals surface area (Å²) in [5.41, 5.74) is 1.65. The molecule has 0 fully saturated rings. The average Bonchev–Trinajstić information content (AvgIpc) is 2.87. The minimum atomic E-state index is -0.413. The molecule has 0 bridgehead atoms. The molecule has 2 aromatic carbocycles. The van der Waals surface area contributed by atoms with E-state index >= 15 is 0 Å². The van der Waals surface area contributed by atoms with E-state index in [1.165, 1.54) is 0 Å². The lowest BCUT2D eigenvalue weighted by molar-refractivity contribution is 0.0771. The molecule has 5 heteroatoms. The number of thioether (sulfide) groups is 1. The predicted octanol–water partition coefficient (Wildman–Crippen LogP) is 3.69. The third-order valence-corrected chi connectivity index (χ3v) is 5.18. The minimum Gasteiger partial charge on any atom is -0.450 e. The molecule has 0 saturated carbocycles. The molecule has 24 heavy (non-hydrogen) atoms. The van der Waals surface area contributed by atoms with Crippen LogP contribution in [0.3, 0.4) is 0 Å². The van der Waals surface area contributed by atoms with Gasteiger partial charge in [0.25, 0.3) is 5.91 Å². The van der Waals surface area contributed by atoms with Crippen molar-refractivity contribution in [2.24, 2.45) is 0 Å². The van der Waals surface area contributed by atoms with Crippen LogP contribution < -0.4 is 5.43 Å². The lowest BCUT2D eigenvalue weighted by atomic mass is 9.99. The van der Waals surface area contributed by atoms with E-state index in [0.717, 1.165) is 10.5 Å². The van der Waals surface area contributed by atoms with Gasteiger partial charge in [0, 0.05) is 11.9 Å². The number of amides is 1. The Balaban J connectivity index is 1.97. The van der Waals surface area contributed by atoms with Crippen LogP contribution in [-0.4, -0.2) is 24.1 Å². The summed E-state index contributed by atoms with van der Waals surface area (Å²) in [6.07, 6.45) is 2.01. The normalized spacial score (nSPS) is 16.7. The van der Waals surface area contributed by atoms with E-state index in [-0.39, 0.29) is 17.1 Å². The molecule has 4 rings (SSSR count). The molecule has 0 spiro atoms. The molecule has 0 unspecified atom stereocenters. The van der Waals surface area contributed by atoms with Gasteiger partial charge in [0.2, 0.25) is 5.76 Å². The molecule has 1 aliphatic rings. The maximum atomic E-state index is 13.0. The topological polar surface area (TPSA) is 50.5 Å². The molecule has 4 nitrogen and oxygen atoms in total. The quantitative estimate of drug-likeness (QED) is 0.669. The predicted molar refractivity (Wildman–Crippen MR) is 94.6 cm³/mol. The molecular weight excluding hydrogens is 322 g/mol. The zero-order chi connectivity index (χ0) is 16.8. The van der Waals surface area contributed by atoms with Crippen molar-refractivity contribution in [2.75, 3.05) is 13.3 Å². The van der Waals surface area contributed by atoms with E-state index in [1.807, 2.05) is 30.5 Å². The van der Waals surface area contributed by atoms with Gasteiger partial charge < -0.3 is 9.32 Å². The molecule has 2 heterocycles. The van der Waals surface area contributed by atoms with E-state index in [0.29, 0.717) is 16.5 Å². The van der Waals surface area contributed by atoms with Crippen LogP contribution in [0.15, 0.2) is 62.6 Å². The summed E-state index contributed by atoms with van der Waals surface area (Å²) in [6, 6.07) is 14.5. The molecule has 3 aromatic rings. The fourth-order valence-corrected chi connectivity index (χ4v) is 3.62. The van der Waals surface area contributed by atoms with Gasteiger partial charge in [-0.05, 0) is 36.1 Å². The number of fused-ring (bicyclic) bond motifs is 2. The van der Waals surface area contributed by atoms with Crippen LogP contribution >= 0.6 is 11.8 Å².